The van der Waals surface area contributed by atoms with Crippen LogP contribution in [0.5, 0.6) is 0 Å². The Bertz CT molecular complexity index is 503. The maximum absolute atomic E-state index is 12.1. The Kier molecular flexibility index (Phi) is 5.65. The number of rotatable bonds is 6. The van der Waals surface area contributed by atoms with Gasteiger partial charge in [0.15, 0.2) is 0 Å². The monoisotopic (exact) mass is 353 g/mol. The van der Waals surface area contributed by atoms with E-state index in [2.05, 4.69) is 20.7 Å². The van der Waals surface area contributed by atoms with Gasteiger partial charge < -0.3 is 0 Å². The lowest BCUT2D eigenvalue weighted by Crippen LogP contribution is -2.34. The smallest absolute Gasteiger partial charge is 0.211 e. The highest BCUT2D eigenvalue weighted by atomic mass is 79.9. The second-order valence-electron chi connectivity index (χ2n) is 4.86. The van der Waals surface area contributed by atoms with E-state index in [0.29, 0.717) is 16.9 Å². The molecular formula is C12H17BrClNO2S. The summed E-state index contributed by atoms with van der Waals surface area (Å²) >= 11 is 8.94. The summed E-state index contributed by atoms with van der Waals surface area (Å²) < 4.78 is 27.4. The summed E-state index contributed by atoms with van der Waals surface area (Å²) in [7, 11) is -3.48. The highest BCUT2D eigenvalue weighted by molar-refractivity contribution is 9.10. The quantitative estimate of drug-likeness (QED) is 0.796. The molecule has 1 aromatic carbocycles. The van der Waals surface area contributed by atoms with Gasteiger partial charge in [-0.15, -0.1) is 11.6 Å². The van der Waals surface area contributed by atoms with Gasteiger partial charge in [0.05, 0.1) is 4.90 Å². The first-order valence-electron chi connectivity index (χ1n) is 5.59. The van der Waals surface area contributed by atoms with Crippen LogP contribution in [0.4, 0.5) is 0 Å². The Morgan fingerprint density at radius 3 is 2.50 bits per heavy atom. The molecule has 0 radical (unpaired) electrons. The molecule has 0 aliphatic heterocycles. The summed E-state index contributed by atoms with van der Waals surface area (Å²) in [5.74, 6) is 0.518. The first kappa shape index (κ1) is 16.0. The van der Waals surface area contributed by atoms with E-state index in [1.807, 2.05) is 13.8 Å². The number of halogens is 2. The molecule has 1 N–H and O–H groups in total. The second-order valence-corrected chi connectivity index (χ2v) is 7.83. The van der Waals surface area contributed by atoms with E-state index in [4.69, 9.17) is 11.6 Å². The van der Waals surface area contributed by atoms with Crippen molar-refractivity contribution in [3.63, 3.8) is 0 Å². The van der Waals surface area contributed by atoms with Crippen molar-refractivity contribution in [2.75, 3.05) is 12.4 Å². The first-order valence-corrected chi connectivity index (χ1v) is 8.40. The van der Waals surface area contributed by atoms with E-state index >= 15 is 0 Å². The van der Waals surface area contributed by atoms with Crippen LogP contribution in [0.1, 0.15) is 20.3 Å². The van der Waals surface area contributed by atoms with Crippen molar-refractivity contribution >= 4 is 37.6 Å². The van der Waals surface area contributed by atoms with Gasteiger partial charge in [-0.1, -0.05) is 26.0 Å². The number of nitrogens with one attached hydrogen (secondary N) is 1. The van der Waals surface area contributed by atoms with E-state index < -0.39 is 10.0 Å². The van der Waals surface area contributed by atoms with Crippen LogP contribution in [0.15, 0.2) is 33.6 Å². The fourth-order valence-corrected chi connectivity index (χ4v) is 4.13. The summed E-state index contributed by atoms with van der Waals surface area (Å²) in [6, 6.07) is 6.75. The van der Waals surface area contributed by atoms with E-state index in [9.17, 15) is 8.42 Å². The number of alkyl halides is 1. The minimum Gasteiger partial charge on any atom is -0.211 e. The van der Waals surface area contributed by atoms with E-state index in [0.717, 1.165) is 6.42 Å². The maximum Gasteiger partial charge on any atom is 0.241 e. The molecule has 3 nitrogen and oxygen atoms in total. The molecule has 0 atom stereocenters. The lowest BCUT2D eigenvalue weighted by atomic mass is 9.91. The molecule has 0 saturated carbocycles. The van der Waals surface area contributed by atoms with Gasteiger partial charge in [0.1, 0.15) is 0 Å². The second kappa shape index (κ2) is 6.37. The summed E-state index contributed by atoms with van der Waals surface area (Å²) in [5.41, 5.74) is -0.157. The highest BCUT2D eigenvalue weighted by Crippen LogP contribution is 2.23. The standard InChI is InChI=1S/C12H17BrClNO2S/c1-12(2,7-8-14)9-15-18(16,17)11-6-4-3-5-10(11)13/h3-6,15H,7-9H2,1-2H3. The summed E-state index contributed by atoms with van der Waals surface area (Å²) in [5, 5.41) is 0. The SMILES string of the molecule is CC(C)(CCCl)CNS(=O)(=O)c1ccccc1Br. The molecule has 0 aliphatic carbocycles. The first-order chi connectivity index (χ1) is 8.28. The van der Waals surface area contributed by atoms with Crippen LogP contribution in [0, 0.1) is 5.41 Å². The van der Waals surface area contributed by atoms with Crippen LogP contribution in [0.3, 0.4) is 0 Å². The molecule has 0 fully saturated rings. The average Bonchev–Trinajstić information content (AvgIpc) is 2.27. The predicted octanol–water partition coefficient (Wildman–Crippen LogP) is 3.38. The van der Waals surface area contributed by atoms with Crippen LogP contribution in [-0.2, 0) is 10.0 Å². The van der Waals surface area contributed by atoms with Gasteiger partial charge >= 0.3 is 0 Å². The minimum absolute atomic E-state index is 0.157. The van der Waals surface area contributed by atoms with Gasteiger partial charge in [-0.05, 0) is 39.9 Å². The Morgan fingerprint density at radius 2 is 1.94 bits per heavy atom. The largest absolute Gasteiger partial charge is 0.241 e. The maximum atomic E-state index is 12.1. The molecule has 1 aromatic rings. The van der Waals surface area contributed by atoms with Gasteiger partial charge in [-0.2, -0.15) is 0 Å². The Morgan fingerprint density at radius 1 is 1.33 bits per heavy atom. The Hall–Kier alpha value is -0.100. The molecule has 102 valence electrons. The molecule has 0 saturated heterocycles. The molecule has 1 rings (SSSR count). The van der Waals surface area contributed by atoms with Gasteiger partial charge in [0.2, 0.25) is 10.0 Å². The van der Waals surface area contributed by atoms with Crippen LogP contribution in [0.2, 0.25) is 0 Å². The average molecular weight is 355 g/mol. The van der Waals surface area contributed by atoms with Crippen molar-refractivity contribution in [3.8, 4) is 0 Å². The number of benzene rings is 1. The van der Waals surface area contributed by atoms with Crippen LogP contribution < -0.4 is 4.72 Å². The molecule has 0 unspecified atom stereocenters. The zero-order valence-corrected chi connectivity index (χ0v) is 13.6. The van der Waals surface area contributed by atoms with Crippen LogP contribution in [-0.4, -0.2) is 20.8 Å². The molecule has 0 bridgehead atoms. The number of sulfonamides is 1. The van der Waals surface area contributed by atoms with E-state index in [1.54, 1.807) is 24.3 Å². The Balaban J connectivity index is 2.81. The van der Waals surface area contributed by atoms with Crippen LogP contribution >= 0.6 is 27.5 Å². The van der Waals surface area contributed by atoms with Gasteiger partial charge in [0, 0.05) is 16.9 Å². The van der Waals surface area contributed by atoms with Gasteiger partial charge in [-0.3, -0.25) is 0 Å². The third kappa shape index (κ3) is 4.53. The molecule has 0 heterocycles. The van der Waals surface area contributed by atoms with Crippen molar-refractivity contribution < 1.29 is 8.42 Å². The lowest BCUT2D eigenvalue weighted by Gasteiger charge is -2.23. The van der Waals surface area contributed by atoms with Crippen molar-refractivity contribution in [2.45, 2.75) is 25.2 Å². The summed E-state index contributed by atoms with van der Waals surface area (Å²) in [6.45, 7) is 4.33. The Labute approximate surface area is 122 Å². The van der Waals surface area contributed by atoms with E-state index in [1.165, 1.54) is 0 Å². The van der Waals surface area contributed by atoms with Crippen molar-refractivity contribution in [1.29, 1.82) is 0 Å². The lowest BCUT2D eigenvalue weighted by molar-refractivity contribution is 0.352. The third-order valence-corrected chi connectivity index (χ3v) is 5.24. The third-order valence-electron chi connectivity index (χ3n) is 2.64. The van der Waals surface area contributed by atoms with E-state index in [-0.39, 0.29) is 10.3 Å². The molecule has 0 spiro atoms. The van der Waals surface area contributed by atoms with Crippen molar-refractivity contribution in [3.05, 3.63) is 28.7 Å². The summed E-state index contributed by atoms with van der Waals surface area (Å²) in [6.07, 6.45) is 0.757. The molecule has 6 heteroatoms. The summed E-state index contributed by atoms with van der Waals surface area (Å²) in [4.78, 5) is 0.256. The number of hydrogen-bond donors (Lipinski definition) is 1. The van der Waals surface area contributed by atoms with Gasteiger partial charge in [0.25, 0.3) is 0 Å². The molecule has 0 aromatic heterocycles. The normalized spacial score (nSPS) is 12.7. The fraction of sp³-hybridized carbons (Fsp3) is 0.500. The van der Waals surface area contributed by atoms with Gasteiger partial charge in [-0.25, -0.2) is 13.1 Å². The highest BCUT2D eigenvalue weighted by Gasteiger charge is 2.23. The fourth-order valence-electron chi connectivity index (χ4n) is 1.37. The number of hydrogen-bond acceptors (Lipinski definition) is 2. The minimum atomic E-state index is -3.48. The predicted molar refractivity (Wildman–Crippen MR) is 78.4 cm³/mol. The molecule has 18 heavy (non-hydrogen) atoms. The van der Waals surface area contributed by atoms with Crippen LogP contribution in [0.25, 0.3) is 0 Å². The zero-order chi connectivity index (χ0) is 13.8. The molecule has 0 aliphatic rings. The van der Waals surface area contributed by atoms with Crippen molar-refractivity contribution in [1.82, 2.24) is 4.72 Å². The topological polar surface area (TPSA) is 46.2 Å². The van der Waals surface area contributed by atoms with Crippen molar-refractivity contribution in [2.24, 2.45) is 5.41 Å². The molecule has 0 amide bonds. The molecular weight excluding hydrogens is 338 g/mol. The zero-order valence-electron chi connectivity index (χ0n) is 10.4.